The number of hydrogen-bond acceptors (Lipinski definition) is 4. The lowest BCUT2D eigenvalue weighted by Crippen LogP contribution is -2.29. The molecule has 0 bridgehead atoms. The molecule has 0 spiro atoms. The molecule has 0 aliphatic heterocycles. The first-order chi connectivity index (χ1) is 11.1. The Morgan fingerprint density at radius 1 is 1.48 bits per heavy atom. The van der Waals surface area contributed by atoms with Gasteiger partial charge in [0.2, 0.25) is 0 Å². The van der Waals surface area contributed by atoms with Crippen molar-refractivity contribution in [2.45, 2.75) is 19.4 Å². The standard InChI is InChI=1S/C15H19N5O2S/c1-20-13(18-19-15(20)23)8-16-14(21)17-11-4-2-3-5-12(11)22-9-10-6-7-10/h2-5,10H,6-9H2,1H3,(H,19,23)(H2,16,17,21). The van der Waals surface area contributed by atoms with Crippen LogP contribution >= 0.6 is 12.2 Å². The van der Waals surface area contributed by atoms with E-state index in [-0.39, 0.29) is 12.6 Å². The molecule has 1 aliphatic rings. The van der Waals surface area contributed by atoms with Gasteiger partial charge >= 0.3 is 6.03 Å². The molecule has 1 saturated carbocycles. The minimum absolute atomic E-state index is 0.278. The van der Waals surface area contributed by atoms with Crippen LogP contribution in [0.5, 0.6) is 5.75 Å². The van der Waals surface area contributed by atoms with Gasteiger partial charge in [-0.3, -0.25) is 5.10 Å². The highest BCUT2D eigenvalue weighted by Crippen LogP contribution is 2.31. The van der Waals surface area contributed by atoms with Crippen LogP contribution in [0.3, 0.4) is 0 Å². The fourth-order valence-corrected chi connectivity index (χ4v) is 2.20. The third kappa shape index (κ3) is 4.10. The molecule has 2 amide bonds. The number of carbonyl (C=O) groups excluding carboxylic acids is 1. The predicted octanol–water partition coefficient (Wildman–Crippen LogP) is 2.59. The molecule has 0 radical (unpaired) electrons. The topological polar surface area (TPSA) is 84.0 Å². The van der Waals surface area contributed by atoms with Gasteiger partial charge in [0.25, 0.3) is 0 Å². The summed E-state index contributed by atoms with van der Waals surface area (Å²) in [5.74, 6) is 2.00. The summed E-state index contributed by atoms with van der Waals surface area (Å²) in [6, 6.07) is 7.10. The van der Waals surface area contributed by atoms with E-state index >= 15 is 0 Å². The second-order valence-electron chi connectivity index (χ2n) is 5.56. The Hall–Kier alpha value is -2.35. The Labute approximate surface area is 139 Å². The lowest BCUT2D eigenvalue weighted by Gasteiger charge is -2.12. The van der Waals surface area contributed by atoms with E-state index in [1.54, 1.807) is 11.6 Å². The lowest BCUT2D eigenvalue weighted by atomic mass is 10.3. The zero-order chi connectivity index (χ0) is 16.2. The van der Waals surface area contributed by atoms with E-state index in [4.69, 9.17) is 17.0 Å². The molecule has 3 N–H and O–H groups in total. The van der Waals surface area contributed by atoms with E-state index < -0.39 is 0 Å². The first-order valence-electron chi connectivity index (χ1n) is 7.50. The molecule has 7 nitrogen and oxygen atoms in total. The quantitative estimate of drug-likeness (QED) is 0.710. The van der Waals surface area contributed by atoms with Gasteiger partial charge in [0, 0.05) is 7.05 Å². The molecule has 122 valence electrons. The fraction of sp³-hybridized carbons (Fsp3) is 0.400. The number of nitrogens with one attached hydrogen (secondary N) is 3. The molecule has 2 aromatic rings. The minimum Gasteiger partial charge on any atom is -0.491 e. The summed E-state index contributed by atoms with van der Waals surface area (Å²) in [4.78, 5) is 12.1. The zero-order valence-electron chi connectivity index (χ0n) is 12.8. The van der Waals surface area contributed by atoms with Crippen LogP contribution in [0.4, 0.5) is 10.5 Å². The number of hydrogen-bond donors (Lipinski definition) is 3. The van der Waals surface area contributed by atoms with Gasteiger partial charge < -0.3 is 19.9 Å². The van der Waals surface area contributed by atoms with Crippen molar-refractivity contribution >= 4 is 23.9 Å². The summed E-state index contributed by atoms with van der Waals surface area (Å²) in [7, 11) is 1.79. The van der Waals surface area contributed by atoms with Gasteiger partial charge in [-0.1, -0.05) is 12.1 Å². The third-order valence-electron chi connectivity index (χ3n) is 3.69. The average molecular weight is 333 g/mol. The molecule has 8 heteroatoms. The number of rotatable bonds is 6. The number of aromatic amines is 1. The van der Waals surface area contributed by atoms with Crippen molar-refractivity contribution in [3.8, 4) is 5.75 Å². The van der Waals surface area contributed by atoms with Crippen molar-refractivity contribution in [2.75, 3.05) is 11.9 Å². The maximum atomic E-state index is 12.1. The first-order valence-corrected chi connectivity index (χ1v) is 7.91. The van der Waals surface area contributed by atoms with Crippen LogP contribution in [-0.2, 0) is 13.6 Å². The summed E-state index contributed by atoms with van der Waals surface area (Å²) in [5.41, 5.74) is 0.654. The monoisotopic (exact) mass is 333 g/mol. The van der Waals surface area contributed by atoms with Gasteiger partial charge in [-0.25, -0.2) is 4.79 Å². The molecule has 0 unspecified atom stereocenters. The Kier molecular flexibility index (Phi) is 4.61. The molecule has 1 aromatic heterocycles. The normalized spacial score (nSPS) is 13.6. The molecule has 1 fully saturated rings. The highest BCUT2D eigenvalue weighted by Gasteiger charge is 2.22. The van der Waals surface area contributed by atoms with Crippen LogP contribution in [-0.4, -0.2) is 27.4 Å². The number of carbonyl (C=O) groups is 1. The number of anilines is 1. The van der Waals surface area contributed by atoms with Crippen molar-refractivity contribution in [2.24, 2.45) is 13.0 Å². The van der Waals surface area contributed by atoms with Crippen molar-refractivity contribution in [3.05, 3.63) is 34.9 Å². The number of amides is 2. The predicted molar refractivity (Wildman–Crippen MR) is 88.9 cm³/mol. The second kappa shape index (κ2) is 6.82. The smallest absolute Gasteiger partial charge is 0.319 e. The molecular formula is C15H19N5O2S. The van der Waals surface area contributed by atoms with Crippen LogP contribution in [0.2, 0.25) is 0 Å². The molecule has 0 saturated heterocycles. The van der Waals surface area contributed by atoms with Crippen molar-refractivity contribution in [1.82, 2.24) is 20.1 Å². The molecule has 23 heavy (non-hydrogen) atoms. The van der Waals surface area contributed by atoms with Gasteiger partial charge in [0.1, 0.15) is 5.75 Å². The fourth-order valence-electron chi connectivity index (χ4n) is 2.05. The average Bonchev–Trinajstić information content (AvgIpc) is 3.32. The summed E-state index contributed by atoms with van der Waals surface area (Å²) in [5, 5.41) is 12.3. The maximum Gasteiger partial charge on any atom is 0.319 e. The summed E-state index contributed by atoms with van der Waals surface area (Å²) < 4.78 is 7.99. The van der Waals surface area contributed by atoms with Crippen molar-refractivity contribution < 1.29 is 9.53 Å². The van der Waals surface area contributed by atoms with Crippen molar-refractivity contribution in [1.29, 1.82) is 0 Å². The van der Waals surface area contributed by atoms with Crippen molar-refractivity contribution in [3.63, 3.8) is 0 Å². The maximum absolute atomic E-state index is 12.1. The van der Waals surface area contributed by atoms with Crippen LogP contribution in [0.15, 0.2) is 24.3 Å². The van der Waals surface area contributed by atoms with E-state index in [9.17, 15) is 4.79 Å². The number of benzene rings is 1. The minimum atomic E-state index is -0.318. The highest BCUT2D eigenvalue weighted by atomic mass is 32.1. The van der Waals surface area contributed by atoms with Gasteiger partial charge in [-0.2, -0.15) is 5.10 Å². The number of para-hydroxylation sites is 2. The van der Waals surface area contributed by atoms with Crippen LogP contribution in [0.25, 0.3) is 0 Å². The first kappa shape index (κ1) is 15.5. The molecule has 3 rings (SSSR count). The molecular weight excluding hydrogens is 314 g/mol. The number of urea groups is 1. The summed E-state index contributed by atoms with van der Waals surface area (Å²) in [6.45, 7) is 0.978. The van der Waals surface area contributed by atoms with E-state index in [1.165, 1.54) is 12.8 Å². The van der Waals surface area contributed by atoms with Crippen LogP contribution < -0.4 is 15.4 Å². The largest absolute Gasteiger partial charge is 0.491 e. The van der Waals surface area contributed by atoms with E-state index in [1.807, 2.05) is 24.3 Å². The van der Waals surface area contributed by atoms with E-state index in [0.717, 1.165) is 0 Å². The Balaban J connectivity index is 1.56. The van der Waals surface area contributed by atoms with Gasteiger partial charge in [0.15, 0.2) is 10.6 Å². The zero-order valence-corrected chi connectivity index (χ0v) is 13.7. The van der Waals surface area contributed by atoms with Gasteiger partial charge in [0.05, 0.1) is 18.8 Å². The van der Waals surface area contributed by atoms with E-state index in [0.29, 0.717) is 34.6 Å². The molecule has 1 aromatic carbocycles. The van der Waals surface area contributed by atoms with Crippen LogP contribution in [0, 0.1) is 10.7 Å². The lowest BCUT2D eigenvalue weighted by molar-refractivity contribution is 0.251. The molecule has 1 heterocycles. The summed E-state index contributed by atoms with van der Waals surface area (Å²) in [6.07, 6.45) is 2.45. The van der Waals surface area contributed by atoms with Gasteiger partial charge in [-0.15, -0.1) is 0 Å². The number of aromatic nitrogens is 3. The second-order valence-corrected chi connectivity index (χ2v) is 5.95. The number of H-pyrrole nitrogens is 1. The summed E-state index contributed by atoms with van der Waals surface area (Å²) >= 11 is 5.03. The number of nitrogens with zero attached hydrogens (tertiary/aromatic N) is 2. The SMILES string of the molecule is Cn1c(CNC(=O)Nc2ccccc2OCC2CC2)n[nH]c1=S. The van der Waals surface area contributed by atoms with Gasteiger partial charge in [-0.05, 0) is 43.1 Å². The highest BCUT2D eigenvalue weighted by molar-refractivity contribution is 7.71. The number of ether oxygens (including phenoxy) is 1. The Morgan fingerprint density at radius 3 is 2.96 bits per heavy atom. The van der Waals surface area contributed by atoms with E-state index in [2.05, 4.69) is 20.8 Å². The Morgan fingerprint density at radius 2 is 2.26 bits per heavy atom. The molecule has 0 atom stereocenters. The molecule has 1 aliphatic carbocycles. The Bertz CT molecular complexity index is 750. The third-order valence-corrected chi connectivity index (χ3v) is 4.05. The van der Waals surface area contributed by atoms with Crippen LogP contribution in [0.1, 0.15) is 18.7 Å².